The molecule has 2 aliphatic rings. The molecule has 0 spiro atoms. The van der Waals surface area contributed by atoms with E-state index in [0.717, 1.165) is 6.54 Å². The SMILES string of the molecule is C[C@@H]1CN([C@@H](C)CO)C(=O)c2cccc(NC(=O)CCCCCC(=O)Nc3ccccc3N)c2O[C@H]1CN(C)CC1CCCCC1. The molecule has 1 fully saturated rings. The number of carbonyl (C=O) groups excluding carboxylic acids is 3. The van der Waals surface area contributed by atoms with Crippen molar-refractivity contribution >= 4 is 34.8 Å². The fraction of sp³-hybridized carbons (Fsp3) is 0.583. The summed E-state index contributed by atoms with van der Waals surface area (Å²) >= 11 is 0. The van der Waals surface area contributed by atoms with Crippen LogP contribution in [0.2, 0.25) is 0 Å². The predicted molar refractivity (Wildman–Crippen MR) is 183 cm³/mol. The number of fused-ring (bicyclic) bond motifs is 1. The van der Waals surface area contributed by atoms with Gasteiger partial charge in [0.15, 0.2) is 5.75 Å². The molecule has 10 nitrogen and oxygen atoms in total. The van der Waals surface area contributed by atoms with Crippen LogP contribution in [-0.2, 0) is 9.59 Å². The lowest BCUT2D eigenvalue weighted by atomic mass is 9.89. The van der Waals surface area contributed by atoms with E-state index in [1.54, 1.807) is 35.2 Å². The van der Waals surface area contributed by atoms with Gasteiger partial charge in [-0.15, -0.1) is 0 Å². The van der Waals surface area contributed by atoms with Gasteiger partial charge in [-0.05, 0) is 69.8 Å². The van der Waals surface area contributed by atoms with Crippen LogP contribution in [0.15, 0.2) is 42.5 Å². The minimum Gasteiger partial charge on any atom is -0.486 e. The van der Waals surface area contributed by atoms with Gasteiger partial charge in [0, 0.05) is 38.4 Å². The molecule has 1 aliphatic heterocycles. The normalized spacial score (nSPS) is 19.5. The van der Waals surface area contributed by atoms with E-state index in [1.165, 1.54) is 32.1 Å². The zero-order valence-electron chi connectivity index (χ0n) is 27.8. The standard InChI is InChI=1S/C36H53N5O5/c1-25-21-41(26(2)24-42)36(45)28-15-12-18-31(35(28)46-32(25)23-40(3)22-27-13-6-4-7-14-27)39-34(44)20-9-5-8-19-33(43)38-30-17-11-10-16-29(30)37/h10-12,15-18,25-27,32,42H,4-9,13-14,19-24,37H2,1-3H3,(H,38,43)(H,39,44)/t25-,26+,32+/m1/s1. The quantitative estimate of drug-likeness (QED) is 0.158. The minimum atomic E-state index is -0.355. The number of hydrogen-bond donors (Lipinski definition) is 4. The van der Waals surface area contributed by atoms with Crippen molar-refractivity contribution in [1.29, 1.82) is 0 Å². The van der Waals surface area contributed by atoms with Gasteiger partial charge in [-0.3, -0.25) is 14.4 Å². The van der Waals surface area contributed by atoms with Crippen LogP contribution in [0, 0.1) is 11.8 Å². The van der Waals surface area contributed by atoms with E-state index in [-0.39, 0.29) is 48.8 Å². The third kappa shape index (κ3) is 9.93. The highest BCUT2D eigenvalue weighted by Gasteiger charge is 2.35. The Morgan fingerprint density at radius 3 is 2.30 bits per heavy atom. The summed E-state index contributed by atoms with van der Waals surface area (Å²) in [5, 5.41) is 15.8. The molecule has 2 aromatic rings. The second kappa shape index (κ2) is 17.3. The van der Waals surface area contributed by atoms with Gasteiger partial charge in [-0.2, -0.15) is 0 Å². The van der Waals surface area contributed by atoms with E-state index in [2.05, 4.69) is 29.5 Å². The van der Waals surface area contributed by atoms with Crippen LogP contribution in [0.25, 0.3) is 0 Å². The topological polar surface area (TPSA) is 137 Å². The highest BCUT2D eigenvalue weighted by molar-refractivity contribution is 6.01. The van der Waals surface area contributed by atoms with E-state index in [9.17, 15) is 19.5 Å². The first kappa shape index (κ1) is 35.2. The third-order valence-electron chi connectivity index (χ3n) is 9.29. The summed E-state index contributed by atoms with van der Waals surface area (Å²) in [6.45, 7) is 5.97. The molecule has 46 heavy (non-hydrogen) atoms. The van der Waals surface area contributed by atoms with Gasteiger partial charge in [0.25, 0.3) is 5.91 Å². The maximum absolute atomic E-state index is 13.8. The first-order chi connectivity index (χ1) is 22.2. The molecule has 3 atom stereocenters. The van der Waals surface area contributed by atoms with Crippen LogP contribution in [0.1, 0.15) is 88.4 Å². The molecule has 1 heterocycles. The number of carbonyl (C=O) groups is 3. The summed E-state index contributed by atoms with van der Waals surface area (Å²) in [6, 6.07) is 12.1. The smallest absolute Gasteiger partial charge is 0.258 e. The molecule has 4 rings (SSSR count). The molecule has 0 saturated heterocycles. The van der Waals surface area contributed by atoms with Crippen LogP contribution in [0.3, 0.4) is 0 Å². The van der Waals surface area contributed by atoms with Crippen molar-refractivity contribution in [3.8, 4) is 5.75 Å². The molecular weight excluding hydrogens is 582 g/mol. The largest absolute Gasteiger partial charge is 0.486 e. The summed E-state index contributed by atoms with van der Waals surface area (Å²) < 4.78 is 6.68. The van der Waals surface area contributed by atoms with E-state index >= 15 is 0 Å². The van der Waals surface area contributed by atoms with Crippen molar-refractivity contribution in [1.82, 2.24) is 9.80 Å². The van der Waals surface area contributed by atoms with E-state index in [0.29, 0.717) is 73.1 Å². The third-order valence-corrected chi connectivity index (χ3v) is 9.29. The van der Waals surface area contributed by atoms with Crippen molar-refractivity contribution in [3.05, 3.63) is 48.0 Å². The Labute approximate surface area is 274 Å². The van der Waals surface area contributed by atoms with Gasteiger partial charge in [0.2, 0.25) is 11.8 Å². The zero-order chi connectivity index (χ0) is 33.1. The summed E-state index contributed by atoms with van der Waals surface area (Å²) in [5.41, 5.74) is 7.89. The van der Waals surface area contributed by atoms with Crippen molar-refractivity contribution in [2.45, 2.75) is 90.2 Å². The molecule has 3 amide bonds. The minimum absolute atomic E-state index is 0.000745. The summed E-state index contributed by atoms with van der Waals surface area (Å²) in [7, 11) is 2.14. The molecule has 0 bridgehead atoms. The molecular formula is C36H53N5O5. The Hall–Kier alpha value is -3.63. The fourth-order valence-electron chi connectivity index (χ4n) is 6.54. The van der Waals surface area contributed by atoms with Gasteiger partial charge in [0.05, 0.1) is 35.3 Å². The number of ether oxygens (including phenoxy) is 1. The van der Waals surface area contributed by atoms with Gasteiger partial charge in [0.1, 0.15) is 6.10 Å². The van der Waals surface area contributed by atoms with Crippen LogP contribution >= 0.6 is 0 Å². The fourth-order valence-corrected chi connectivity index (χ4v) is 6.54. The maximum Gasteiger partial charge on any atom is 0.258 e. The average Bonchev–Trinajstić information content (AvgIpc) is 3.04. The number of benzene rings is 2. The molecule has 2 aromatic carbocycles. The maximum atomic E-state index is 13.8. The lowest BCUT2D eigenvalue weighted by Gasteiger charge is -2.39. The van der Waals surface area contributed by atoms with E-state index in [1.807, 2.05) is 19.1 Å². The average molecular weight is 636 g/mol. The number of rotatable bonds is 14. The monoisotopic (exact) mass is 635 g/mol. The van der Waals surface area contributed by atoms with Crippen LogP contribution in [0.5, 0.6) is 5.75 Å². The number of aliphatic hydroxyl groups excluding tert-OH is 1. The lowest BCUT2D eigenvalue weighted by Crippen LogP contribution is -2.50. The molecule has 1 saturated carbocycles. The molecule has 252 valence electrons. The summed E-state index contributed by atoms with van der Waals surface area (Å²) in [6.07, 6.45) is 8.82. The highest BCUT2D eigenvalue weighted by atomic mass is 16.5. The number of aliphatic hydroxyl groups is 1. The van der Waals surface area contributed by atoms with Gasteiger partial charge >= 0.3 is 0 Å². The second-order valence-electron chi connectivity index (χ2n) is 13.3. The molecule has 1 aliphatic carbocycles. The molecule has 5 N–H and O–H groups in total. The summed E-state index contributed by atoms with van der Waals surface area (Å²) in [5.74, 6) is 0.574. The number of hydrogen-bond acceptors (Lipinski definition) is 7. The van der Waals surface area contributed by atoms with Gasteiger partial charge < -0.3 is 36.0 Å². The number of nitrogens with one attached hydrogen (secondary N) is 2. The van der Waals surface area contributed by atoms with Crippen molar-refractivity contribution in [2.24, 2.45) is 11.8 Å². The Morgan fingerprint density at radius 1 is 0.978 bits per heavy atom. The van der Waals surface area contributed by atoms with Crippen LogP contribution < -0.4 is 21.1 Å². The highest BCUT2D eigenvalue weighted by Crippen LogP contribution is 2.35. The Bertz CT molecular complexity index is 1310. The lowest BCUT2D eigenvalue weighted by molar-refractivity contribution is -0.116. The van der Waals surface area contributed by atoms with Gasteiger partial charge in [-0.25, -0.2) is 0 Å². The predicted octanol–water partition coefficient (Wildman–Crippen LogP) is 5.53. The van der Waals surface area contributed by atoms with Crippen LogP contribution in [0.4, 0.5) is 17.1 Å². The second-order valence-corrected chi connectivity index (χ2v) is 13.3. The number of amides is 3. The van der Waals surface area contributed by atoms with Crippen molar-refractivity contribution in [3.63, 3.8) is 0 Å². The molecule has 0 aromatic heterocycles. The van der Waals surface area contributed by atoms with Gasteiger partial charge in [-0.1, -0.05) is 50.8 Å². The number of anilines is 3. The first-order valence-corrected chi connectivity index (χ1v) is 17.0. The number of likely N-dealkylation sites (N-methyl/N-ethyl adjacent to an activating group) is 1. The van der Waals surface area contributed by atoms with Crippen LogP contribution in [-0.4, -0.2) is 78.1 Å². The van der Waals surface area contributed by atoms with Crippen molar-refractivity contribution < 1.29 is 24.2 Å². The summed E-state index contributed by atoms with van der Waals surface area (Å²) in [4.78, 5) is 43.2. The molecule has 0 radical (unpaired) electrons. The van der Waals surface area contributed by atoms with Crippen molar-refractivity contribution in [2.75, 3.05) is 49.7 Å². The number of nitrogens with zero attached hydrogens (tertiary/aromatic N) is 2. The Kier molecular flexibility index (Phi) is 13.3. The number of unbranched alkanes of at least 4 members (excludes halogenated alkanes) is 2. The number of nitrogens with two attached hydrogens (primary N) is 1. The van der Waals surface area contributed by atoms with E-state index in [4.69, 9.17) is 10.5 Å². The number of nitrogen functional groups attached to an aromatic ring is 1. The molecule has 0 unspecified atom stereocenters. The Balaban J connectivity index is 1.39. The Morgan fingerprint density at radius 2 is 1.63 bits per heavy atom. The zero-order valence-corrected chi connectivity index (χ0v) is 27.8. The molecule has 10 heteroatoms. The first-order valence-electron chi connectivity index (χ1n) is 17.0. The van der Waals surface area contributed by atoms with E-state index < -0.39 is 0 Å². The number of para-hydroxylation sites is 3.